The van der Waals surface area contributed by atoms with Gasteiger partial charge in [0.25, 0.3) is 5.56 Å². The van der Waals surface area contributed by atoms with Crippen LogP contribution < -0.4 is 10.9 Å². The number of likely N-dealkylation sites (N-methyl/N-ethyl adjacent to an activating group) is 1. The van der Waals surface area contributed by atoms with E-state index in [-0.39, 0.29) is 24.1 Å². The molecule has 1 heterocycles. The van der Waals surface area contributed by atoms with Crippen molar-refractivity contribution in [3.63, 3.8) is 0 Å². The molecule has 134 valence electrons. The van der Waals surface area contributed by atoms with Gasteiger partial charge in [-0.05, 0) is 25.7 Å². The van der Waals surface area contributed by atoms with Crippen LogP contribution in [0.4, 0.5) is 0 Å². The number of carbonyl (C=O) groups is 1. The molecule has 0 aliphatic heterocycles. The van der Waals surface area contributed by atoms with Crippen LogP contribution in [0.1, 0.15) is 11.6 Å². The minimum Gasteiger partial charge on any atom is -0.353 e. The molecule has 1 amide bonds. The molecule has 2 aromatic carbocycles. The van der Waals surface area contributed by atoms with E-state index in [1.54, 1.807) is 18.3 Å². The summed E-state index contributed by atoms with van der Waals surface area (Å²) in [5.41, 5.74) is 0.865. The zero-order chi connectivity index (χ0) is 18.5. The van der Waals surface area contributed by atoms with Gasteiger partial charge in [0, 0.05) is 11.9 Å². The highest BCUT2D eigenvalue weighted by molar-refractivity contribution is 5.81. The van der Waals surface area contributed by atoms with E-state index in [1.807, 2.05) is 56.6 Å². The smallest absolute Gasteiger partial charge is 0.275 e. The molecule has 6 nitrogen and oxygen atoms in total. The number of nitrogens with one attached hydrogen (secondary N) is 1. The lowest BCUT2D eigenvalue weighted by Crippen LogP contribution is -2.38. The van der Waals surface area contributed by atoms with Gasteiger partial charge in [-0.3, -0.25) is 9.59 Å². The molecule has 0 aliphatic carbocycles. The molecule has 1 unspecified atom stereocenters. The Morgan fingerprint density at radius 3 is 2.54 bits per heavy atom. The Morgan fingerprint density at radius 2 is 1.81 bits per heavy atom. The molecule has 0 spiro atoms. The van der Waals surface area contributed by atoms with Crippen LogP contribution in [0.25, 0.3) is 10.8 Å². The van der Waals surface area contributed by atoms with Crippen LogP contribution in [0.3, 0.4) is 0 Å². The monoisotopic (exact) mass is 350 g/mol. The Balaban J connectivity index is 1.69. The van der Waals surface area contributed by atoms with Crippen molar-refractivity contribution < 1.29 is 4.79 Å². The molecule has 0 aliphatic rings. The lowest BCUT2D eigenvalue weighted by atomic mass is 10.1. The maximum atomic E-state index is 12.4. The molecular weight excluding hydrogens is 328 g/mol. The molecule has 0 saturated carbocycles. The quantitative estimate of drug-likeness (QED) is 0.736. The lowest BCUT2D eigenvalue weighted by molar-refractivity contribution is -0.122. The topological polar surface area (TPSA) is 67.2 Å². The fourth-order valence-corrected chi connectivity index (χ4v) is 2.92. The fraction of sp³-hybridized carbons (Fsp3) is 0.250. The number of fused-ring (bicyclic) bond motifs is 1. The van der Waals surface area contributed by atoms with E-state index in [0.29, 0.717) is 11.9 Å². The van der Waals surface area contributed by atoms with E-state index in [0.717, 1.165) is 10.9 Å². The molecule has 26 heavy (non-hydrogen) atoms. The van der Waals surface area contributed by atoms with Gasteiger partial charge in [-0.15, -0.1) is 0 Å². The Bertz CT molecular complexity index is 951. The molecular formula is C20H22N4O2. The first kappa shape index (κ1) is 17.8. The molecule has 1 atom stereocenters. The first-order chi connectivity index (χ1) is 12.6. The van der Waals surface area contributed by atoms with Crippen molar-refractivity contribution in [2.75, 3.05) is 20.6 Å². The van der Waals surface area contributed by atoms with Gasteiger partial charge in [-0.2, -0.15) is 5.10 Å². The highest BCUT2D eigenvalue weighted by Gasteiger charge is 2.15. The summed E-state index contributed by atoms with van der Waals surface area (Å²) in [6.45, 7) is 0.358. The highest BCUT2D eigenvalue weighted by atomic mass is 16.2. The van der Waals surface area contributed by atoms with Crippen LogP contribution in [-0.2, 0) is 11.3 Å². The molecule has 0 saturated heterocycles. The zero-order valence-corrected chi connectivity index (χ0v) is 14.9. The highest BCUT2D eigenvalue weighted by Crippen LogP contribution is 2.16. The van der Waals surface area contributed by atoms with Gasteiger partial charge in [-0.1, -0.05) is 48.5 Å². The maximum Gasteiger partial charge on any atom is 0.275 e. The Hall–Kier alpha value is -2.99. The lowest BCUT2D eigenvalue weighted by Gasteiger charge is -2.25. The predicted octanol–water partition coefficient (Wildman–Crippen LogP) is 1.82. The Morgan fingerprint density at radius 1 is 1.12 bits per heavy atom. The van der Waals surface area contributed by atoms with Crippen LogP contribution in [0, 0.1) is 0 Å². The first-order valence-corrected chi connectivity index (χ1v) is 8.49. The van der Waals surface area contributed by atoms with E-state index in [1.165, 1.54) is 4.68 Å². The van der Waals surface area contributed by atoms with Gasteiger partial charge in [-0.25, -0.2) is 4.68 Å². The number of carbonyl (C=O) groups excluding carboxylic acids is 1. The average molecular weight is 350 g/mol. The third-order valence-electron chi connectivity index (χ3n) is 4.36. The van der Waals surface area contributed by atoms with Crippen molar-refractivity contribution in [3.8, 4) is 0 Å². The minimum absolute atomic E-state index is 0.0569. The van der Waals surface area contributed by atoms with Crippen molar-refractivity contribution >= 4 is 16.7 Å². The number of benzene rings is 2. The summed E-state index contributed by atoms with van der Waals surface area (Å²) in [5, 5.41) is 8.34. The number of aromatic nitrogens is 2. The number of nitrogens with zero attached hydrogens (tertiary/aromatic N) is 3. The second kappa shape index (κ2) is 7.93. The third-order valence-corrected chi connectivity index (χ3v) is 4.36. The van der Waals surface area contributed by atoms with E-state index in [2.05, 4.69) is 15.3 Å². The van der Waals surface area contributed by atoms with Crippen molar-refractivity contribution in [2.24, 2.45) is 0 Å². The number of hydrogen-bond acceptors (Lipinski definition) is 4. The number of hydrogen-bond donors (Lipinski definition) is 1. The summed E-state index contributed by atoms with van der Waals surface area (Å²) >= 11 is 0. The molecule has 1 aromatic heterocycles. The summed E-state index contributed by atoms with van der Waals surface area (Å²) in [6, 6.07) is 17.3. The van der Waals surface area contributed by atoms with Crippen molar-refractivity contribution in [3.05, 3.63) is 76.7 Å². The largest absolute Gasteiger partial charge is 0.353 e. The van der Waals surface area contributed by atoms with Gasteiger partial charge in [0.1, 0.15) is 6.54 Å². The SMILES string of the molecule is CN(C)C(CNC(=O)Cn1ncc2ccccc2c1=O)c1ccccc1. The van der Waals surface area contributed by atoms with Gasteiger partial charge in [0.15, 0.2) is 0 Å². The molecule has 0 fully saturated rings. The van der Waals surface area contributed by atoms with E-state index < -0.39 is 0 Å². The maximum absolute atomic E-state index is 12.4. The Labute approximate surface area is 152 Å². The molecule has 0 radical (unpaired) electrons. The summed E-state index contributed by atoms with van der Waals surface area (Å²) in [6.07, 6.45) is 1.61. The second-order valence-corrected chi connectivity index (χ2v) is 6.39. The minimum atomic E-state index is -0.259. The standard InChI is InChI=1S/C20H22N4O2/c1-23(2)18(15-8-4-3-5-9-15)13-21-19(25)14-24-20(26)17-11-7-6-10-16(17)12-22-24/h3-12,18H,13-14H2,1-2H3,(H,21,25). The summed E-state index contributed by atoms with van der Waals surface area (Å²) in [7, 11) is 3.94. The predicted molar refractivity (Wildman–Crippen MR) is 102 cm³/mol. The van der Waals surface area contributed by atoms with Crippen molar-refractivity contribution in [2.45, 2.75) is 12.6 Å². The van der Waals surface area contributed by atoms with Gasteiger partial charge in [0.2, 0.25) is 5.91 Å². The van der Waals surface area contributed by atoms with E-state index in [9.17, 15) is 9.59 Å². The zero-order valence-electron chi connectivity index (χ0n) is 14.9. The van der Waals surface area contributed by atoms with Crippen molar-refractivity contribution in [1.82, 2.24) is 20.0 Å². The normalized spacial score (nSPS) is 12.3. The molecule has 3 rings (SSSR count). The van der Waals surface area contributed by atoms with E-state index >= 15 is 0 Å². The van der Waals surface area contributed by atoms with Crippen molar-refractivity contribution in [1.29, 1.82) is 0 Å². The molecule has 3 aromatic rings. The van der Waals surface area contributed by atoms with Gasteiger partial charge < -0.3 is 10.2 Å². The van der Waals surface area contributed by atoms with Crippen LogP contribution >= 0.6 is 0 Å². The Kier molecular flexibility index (Phi) is 5.43. The van der Waals surface area contributed by atoms with Crippen LogP contribution in [0.2, 0.25) is 0 Å². The first-order valence-electron chi connectivity index (χ1n) is 8.49. The summed E-state index contributed by atoms with van der Waals surface area (Å²) in [5.74, 6) is -0.238. The fourth-order valence-electron chi connectivity index (χ4n) is 2.92. The second-order valence-electron chi connectivity index (χ2n) is 6.39. The molecule has 6 heteroatoms. The number of amides is 1. The molecule has 1 N–H and O–H groups in total. The van der Waals surface area contributed by atoms with E-state index in [4.69, 9.17) is 0 Å². The van der Waals surface area contributed by atoms with Crippen LogP contribution in [0.15, 0.2) is 65.6 Å². The van der Waals surface area contributed by atoms with Crippen LogP contribution in [-0.4, -0.2) is 41.2 Å². The van der Waals surface area contributed by atoms with Crippen LogP contribution in [0.5, 0.6) is 0 Å². The summed E-state index contributed by atoms with van der Waals surface area (Å²) < 4.78 is 1.20. The van der Waals surface area contributed by atoms with Gasteiger partial charge >= 0.3 is 0 Å². The van der Waals surface area contributed by atoms with Gasteiger partial charge in [0.05, 0.1) is 17.6 Å². The number of rotatable bonds is 6. The summed E-state index contributed by atoms with van der Waals surface area (Å²) in [4.78, 5) is 26.8. The molecule has 0 bridgehead atoms. The average Bonchev–Trinajstić information content (AvgIpc) is 2.65. The third kappa shape index (κ3) is 3.97.